The second kappa shape index (κ2) is 12.2. The molecule has 12 heteroatoms. The molecule has 3 aromatic rings. The summed E-state index contributed by atoms with van der Waals surface area (Å²) in [5.74, 6) is 0.459. The van der Waals surface area contributed by atoms with E-state index in [0.717, 1.165) is 28.8 Å². The number of aliphatic hydroxyl groups excluding tert-OH is 1. The van der Waals surface area contributed by atoms with Crippen LogP contribution in [0.25, 0.3) is 0 Å². The van der Waals surface area contributed by atoms with Gasteiger partial charge in [-0.15, -0.1) is 0 Å². The average molecular weight is 559 g/mol. The zero-order chi connectivity index (χ0) is 28.9. The van der Waals surface area contributed by atoms with E-state index in [1.54, 1.807) is 24.3 Å². The van der Waals surface area contributed by atoms with Crippen molar-refractivity contribution in [2.45, 2.75) is 26.1 Å². The number of amides is 4. The van der Waals surface area contributed by atoms with Crippen LogP contribution in [-0.4, -0.2) is 48.9 Å². The molecule has 0 aliphatic carbocycles. The molecule has 0 fully saturated rings. The van der Waals surface area contributed by atoms with Gasteiger partial charge < -0.3 is 35.4 Å². The van der Waals surface area contributed by atoms with Crippen LogP contribution < -0.4 is 25.4 Å². The number of methoxy groups -OCH3 is 1. The molecule has 0 radical (unpaired) electrons. The molecule has 0 saturated carbocycles. The van der Waals surface area contributed by atoms with E-state index in [2.05, 4.69) is 16.0 Å². The number of halogens is 3. The first kappa shape index (κ1) is 28.6. The van der Waals surface area contributed by atoms with Crippen LogP contribution in [0.2, 0.25) is 0 Å². The maximum Gasteiger partial charge on any atom is 0.418 e. The summed E-state index contributed by atoms with van der Waals surface area (Å²) in [6.07, 6.45) is -4.28. The molecule has 0 unspecified atom stereocenters. The van der Waals surface area contributed by atoms with Crippen LogP contribution in [0.5, 0.6) is 11.5 Å². The average Bonchev–Trinajstić information content (AvgIpc) is 2.91. The number of rotatable bonds is 7. The van der Waals surface area contributed by atoms with Crippen molar-refractivity contribution >= 4 is 29.1 Å². The number of fused-ring (bicyclic) bond motifs is 1. The fourth-order valence-corrected chi connectivity index (χ4v) is 4.32. The van der Waals surface area contributed by atoms with Gasteiger partial charge in [0.05, 0.1) is 30.7 Å². The Balaban J connectivity index is 1.40. The fourth-order valence-electron chi connectivity index (χ4n) is 4.32. The van der Waals surface area contributed by atoms with E-state index < -0.39 is 29.5 Å². The van der Waals surface area contributed by atoms with Gasteiger partial charge in [0.1, 0.15) is 18.1 Å². The first-order chi connectivity index (χ1) is 19.1. The Kier molecular flexibility index (Phi) is 8.68. The van der Waals surface area contributed by atoms with Gasteiger partial charge in [-0.25, -0.2) is 9.59 Å². The number of carbonyl (C=O) groups excluding carboxylic acids is 2. The molecule has 1 heterocycles. The quantitative estimate of drug-likeness (QED) is 0.301. The van der Waals surface area contributed by atoms with Crippen molar-refractivity contribution < 1.29 is 37.3 Å². The van der Waals surface area contributed by atoms with Gasteiger partial charge in [-0.2, -0.15) is 13.2 Å². The summed E-state index contributed by atoms with van der Waals surface area (Å²) in [4.78, 5) is 26.9. The maximum atomic E-state index is 13.6. The lowest BCUT2D eigenvalue weighted by molar-refractivity contribution is -0.137. The Morgan fingerprint density at radius 3 is 2.50 bits per heavy atom. The minimum absolute atomic E-state index is 0.0672. The lowest BCUT2D eigenvalue weighted by Crippen LogP contribution is -2.39. The van der Waals surface area contributed by atoms with Gasteiger partial charge in [0.15, 0.2) is 0 Å². The molecule has 212 valence electrons. The number of ether oxygens (including phenoxy) is 2. The number of benzene rings is 3. The van der Waals surface area contributed by atoms with Gasteiger partial charge in [-0.05, 0) is 72.5 Å². The van der Waals surface area contributed by atoms with Crippen LogP contribution in [0.1, 0.15) is 22.3 Å². The number of aliphatic hydroxyl groups is 1. The van der Waals surface area contributed by atoms with E-state index in [1.807, 2.05) is 19.1 Å². The molecular weight excluding hydrogens is 529 g/mol. The smallest absolute Gasteiger partial charge is 0.418 e. The molecule has 4 N–H and O–H groups in total. The summed E-state index contributed by atoms with van der Waals surface area (Å²) in [7, 11) is 1.52. The second-order valence-electron chi connectivity index (χ2n) is 9.15. The van der Waals surface area contributed by atoms with Gasteiger partial charge in [-0.1, -0.05) is 12.1 Å². The third kappa shape index (κ3) is 6.94. The fraction of sp³-hybridized carbons (Fsp3) is 0.286. The number of carbonyl (C=O) groups is 2. The van der Waals surface area contributed by atoms with Crippen molar-refractivity contribution in [3.63, 3.8) is 0 Å². The molecule has 0 aromatic heterocycles. The SMILES string of the molecule is COc1ccc(C)cc1NC(=O)Nc1ccc2c(c1)CCN(C(=O)Nc1ccc(OCCO)cc1C(F)(F)F)C2. The zero-order valence-electron chi connectivity index (χ0n) is 21.9. The number of urea groups is 2. The molecule has 40 heavy (non-hydrogen) atoms. The predicted octanol–water partition coefficient (Wildman–Crippen LogP) is 5.63. The molecule has 4 amide bonds. The monoisotopic (exact) mass is 558 g/mol. The highest BCUT2D eigenvalue weighted by Gasteiger charge is 2.35. The summed E-state index contributed by atoms with van der Waals surface area (Å²) in [6, 6.07) is 12.8. The van der Waals surface area contributed by atoms with Crippen molar-refractivity contribution in [1.82, 2.24) is 4.90 Å². The Morgan fingerprint density at radius 1 is 0.975 bits per heavy atom. The van der Waals surface area contributed by atoms with Gasteiger partial charge in [-0.3, -0.25) is 0 Å². The number of alkyl halides is 3. The van der Waals surface area contributed by atoms with Gasteiger partial charge >= 0.3 is 18.2 Å². The Hall–Kier alpha value is -4.45. The summed E-state index contributed by atoms with van der Waals surface area (Å²) in [5, 5.41) is 16.8. The standard InChI is InChI=1S/C28H29F3N4O5/c1-17-3-8-25(39-2)24(13-17)33-26(37)32-20-5-4-19-16-35(10-9-18(19)14-20)27(38)34-23-7-6-21(40-12-11-36)15-22(23)28(29,30)31/h3-8,13-15,36H,9-12,16H2,1-2H3,(H,34,38)(H2,32,33,37). The van der Waals surface area contributed by atoms with Crippen LogP contribution in [0, 0.1) is 6.92 Å². The first-order valence-electron chi connectivity index (χ1n) is 12.4. The molecule has 9 nitrogen and oxygen atoms in total. The van der Waals surface area contributed by atoms with E-state index in [1.165, 1.54) is 18.1 Å². The largest absolute Gasteiger partial charge is 0.495 e. The normalized spacial score (nSPS) is 12.8. The number of nitrogens with one attached hydrogen (secondary N) is 3. The van der Waals surface area contributed by atoms with Crippen LogP contribution in [0.3, 0.4) is 0 Å². The van der Waals surface area contributed by atoms with Crippen molar-refractivity contribution in [3.8, 4) is 11.5 Å². The van der Waals surface area contributed by atoms with E-state index in [0.29, 0.717) is 23.5 Å². The molecular formula is C28H29F3N4O5. The van der Waals surface area contributed by atoms with Crippen molar-refractivity contribution in [2.24, 2.45) is 0 Å². The summed E-state index contributed by atoms with van der Waals surface area (Å²) in [6.45, 7) is 1.86. The van der Waals surface area contributed by atoms with Gasteiger partial charge in [0.25, 0.3) is 0 Å². The predicted molar refractivity (Wildman–Crippen MR) is 144 cm³/mol. The Labute approximate surface area is 228 Å². The first-order valence-corrected chi connectivity index (χ1v) is 12.4. The second-order valence-corrected chi connectivity index (χ2v) is 9.15. The van der Waals surface area contributed by atoms with Crippen LogP contribution in [-0.2, 0) is 19.1 Å². The Bertz CT molecular complexity index is 1400. The molecule has 0 atom stereocenters. The molecule has 3 aromatic carbocycles. The third-order valence-electron chi connectivity index (χ3n) is 6.26. The van der Waals surface area contributed by atoms with Crippen molar-refractivity contribution in [2.75, 3.05) is 42.8 Å². The maximum absolute atomic E-state index is 13.6. The highest BCUT2D eigenvalue weighted by molar-refractivity contribution is 6.00. The van der Waals surface area contributed by atoms with E-state index in [-0.39, 0.29) is 32.1 Å². The molecule has 0 saturated heterocycles. The lowest BCUT2D eigenvalue weighted by atomic mass is 9.99. The summed E-state index contributed by atoms with van der Waals surface area (Å²) < 4.78 is 51.3. The minimum atomic E-state index is -4.73. The summed E-state index contributed by atoms with van der Waals surface area (Å²) >= 11 is 0. The lowest BCUT2D eigenvalue weighted by Gasteiger charge is -2.30. The highest BCUT2D eigenvalue weighted by atomic mass is 19.4. The number of hydrogen-bond donors (Lipinski definition) is 4. The third-order valence-corrected chi connectivity index (χ3v) is 6.26. The minimum Gasteiger partial charge on any atom is -0.495 e. The van der Waals surface area contributed by atoms with Gasteiger partial charge in [0.2, 0.25) is 0 Å². The van der Waals surface area contributed by atoms with Gasteiger partial charge in [0, 0.05) is 18.8 Å². The summed E-state index contributed by atoms with van der Waals surface area (Å²) in [5.41, 5.74) is 2.33. The number of hydrogen-bond acceptors (Lipinski definition) is 5. The number of anilines is 3. The van der Waals surface area contributed by atoms with E-state index >= 15 is 0 Å². The van der Waals surface area contributed by atoms with Crippen LogP contribution in [0.4, 0.5) is 39.8 Å². The van der Waals surface area contributed by atoms with Crippen LogP contribution >= 0.6 is 0 Å². The van der Waals surface area contributed by atoms with E-state index in [9.17, 15) is 22.8 Å². The number of aryl methyl sites for hydroxylation is 1. The highest BCUT2D eigenvalue weighted by Crippen LogP contribution is 2.37. The van der Waals surface area contributed by atoms with Crippen LogP contribution in [0.15, 0.2) is 54.6 Å². The van der Waals surface area contributed by atoms with Crippen molar-refractivity contribution in [3.05, 3.63) is 76.9 Å². The topological polar surface area (TPSA) is 112 Å². The molecule has 0 bridgehead atoms. The number of nitrogens with zero attached hydrogens (tertiary/aromatic N) is 1. The van der Waals surface area contributed by atoms with E-state index in [4.69, 9.17) is 14.6 Å². The van der Waals surface area contributed by atoms with Crippen molar-refractivity contribution in [1.29, 1.82) is 0 Å². The Morgan fingerprint density at radius 2 is 1.77 bits per heavy atom. The molecule has 0 spiro atoms. The molecule has 1 aliphatic heterocycles. The molecule has 1 aliphatic rings. The zero-order valence-corrected chi connectivity index (χ0v) is 21.9. The molecule has 4 rings (SSSR count).